The molecular formula is C21H23N3O3S. The van der Waals surface area contributed by atoms with E-state index in [9.17, 15) is 4.79 Å². The molecule has 1 aromatic carbocycles. The summed E-state index contributed by atoms with van der Waals surface area (Å²) in [5.74, 6) is 1.60. The largest absolute Gasteiger partial charge is 0.466 e. The fraction of sp³-hybridized carbons (Fsp3) is 0.333. The van der Waals surface area contributed by atoms with Crippen LogP contribution in [0.25, 0.3) is 6.08 Å². The molecule has 2 aliphatic rings. The molecule has 0 radical (unpaired) electrons. The van der Waals surface area contributed by atoms with Crippen LogP contribution in [-0.4, -0.2) is 49.3 Å². The van der Waals surface area contributed by atoms with Crippen molar-refractivity contribution in [2.45, 2.75) is 13.8 Å². The molecule has 2 saturated heterocycles. The minimum Gasteiger partial charge on any atom is -0.466 e. The van der Waals surface area contributed by atoms with Gasteiger partial charge in [-0.05, 0) is 62.0 Å². The van der Waals surface area contributed by atoms with Crippen LogP contribution in [0.15, 0.2) is 44.6 Å². The minimum atomic E-state index is -0.0491. The summed E-state index contributed by atoms with van der Waals surface area (Å²) in [7, 11) is 1.75. The molecule has 2 aliphatic heterocycles. The standard InChI is InChI=1S/C21H23N3O3S/c1-14-12-16(15(2)27-14)13-19-20(25)23(3)21(28-19)22-17-4-6-18(7-5-17)24-8-10-26-11-9-24/h4-7,12-13H,8-11H2,1-3H3/b19-13-,22-21?. The lowest BCUT2D eigenvalue weighted by molar-refractivity contribution is -0.121. The van der Waals surface area contributed by atoms with E-state index < -0.39 is 0 Å². The number of furan rings is 1. The average Bonchev–Trinajstić information content (AvgIpc) is 3.16. The van der Waals surface area contributed by atoms with Gasteiger partial charge in [0.05, 0.1) is 23.8 Å². The number of ether oxygens (including phenoxy) is 1. The van der Waals surface area contributed by atoms with Gasteiger partial charge in [-0.25, -0.2) is 4.99 Å². The van der Waals surface area contributed by atoms with Crippen LogP contribution in [0.5, 0.6) is 0 Å². The van der Waals surface area contributed by atoms with Crippen molar-refractivity contribution in [2.75, 3.05) is 38.3 Å². The van der Waals surface area contributed by atoms with Crippen LogP contribution in [0.1, 0.15) is 17.1 Å². The molecule has 0 spiro atoms. The first-order valence-electron chi connectivity index (χ1n) is 9.27. The number of aryl methyl sites for hydroxylation is 2. The zero-order valence-corrected chi connectivity index (χ0v) is 17.1. The van der Waals surface area contributed by atoms with E-state index in [1.165, 1.54) is 17.4 Å². The fourth-order valence-corrected chi connectivity index (χ4v) is 4.23. The lowest BCUT2D eigenvalue weighted by atomic mass is 10.2. The Hall–Kier alpha value is -2.51. The molecule has 2 fully saturated rings. The Morgan fingerprint density at radius 2 is 1.86 bits per heavy atom. The third-order valence-electron chi connectivity index (χ3n) is 4.82. The Bertz CT molecular complexity index is 940. The van der Waals surface area contributed by atoms with Crippen molar-refractivity contribution in [3.8, 4) is 0 Å². The highest BCUT2D eigenvalue weighted by Crippen LogP contribution is 2.34. The number of carbonyl (C=O) groups is 1. The lowest BCUT2D eigenvalue weighted by Crippen LogP contribution is -2.36. The topological polar surface area (TPSA) is 58.3 Å². The maximum atomic E-state index is 12.6. The number of rotatable bonds is 3. The molecule has 0 N–H and O–H groups in total. The predicted octanol–water partition coefficient (Wildman–Crippen LogP) is 3.97. The third kappa shape index (κ3) is 3.86. The smallest absolute Gasteiger partial charge is 0.266 e. The van der Waals surface area contributed by atoms with E-state index in [0.29, 0.717) is 10.1 Å². The second kappa shape index (κ2) is 7.85. The van der Waals surface area contributed by atoms with E-state index in [2.05, 4.69) is 22.0 Å². The minimum absolute atomic E-state index is 0.0491. The Kier molecular flexibility index (Phi) is 5.28. The molecule has 4 rings (SSSR count). The van der Waals surface area contributed by atoms with E-state index in [-0.39, 0.29) is 5.91 Å². The number of nitrogens with zero attached hydrogens (tertiary/aromatic N) is 3. The van der Waals surface area contributed by atoms with Gasteiger partial charge in [0.2, 0.25) is 0 Å². The first-order chi connectivity index (χ1) is 13.5. The molecule has 2 aromatic rings. The molecule has 3 heterocycles. The van der Waals surface area contributed by atoms with Crippen LogP contribution < -0.4 is 4.90 Å². The molecule has 0 saturated carbocycles. The number of carbonyl (C=O) groups excluding carboxylic acids is 1. The lowest BCUT2D eigenvalue weighted by Gasteiger charge is -2.28. The summed E-state index contributed by atoms with van der Waals surface area (Å²) in [5.41, 5.74) is 2.93. The summed E-state index contributed by atoms with van der Waals surface area (Å²) in [5, 5.41) is 0.674. The zero-order chi connectivity index (χ0) is 19.7. The van der Waals surface area contributed by atoms with E-state index in [1.54, 1.807) is 11.9 Å². The highest BCUT2D eigenvalue weighted by Gasteiger charge is 2.30. The van der Waals surface area contributed by atoms with Crippen molar-refractivity contribution in [3.05, 3.63) is 52.3 Å². The summed E-state index contributed by atoms with van der Waals surface area (Å²) < 4.78 is 11.0. The number of amides is 1. The van der Waals surface area contributed by atoms with Crippen molar-refractivity contribution >= 4 is 40.3 Å². The Morgan fingerprint density at radius 3 is 2.50 bits per heavy atom. The highest BCUT2D eigenvalue weighted by molar-refractivity contribution is 8.18. The van der Waals surface area contributed by atoms with Gasteiger partial charge in [-0.15, -0.1) is 0 Å². The second-order valence-corrected chi connectivity index (χ2v) is 7.86. The molecule has 28 heavy (non-hydrogen) atoms. The van der Waals surface area contributed by atoms with Gasteiger partial charge >= 0.3 is 0 Å². The van der Waals surface area contributed by atoms with Crippen molar-refractivity contribution in [2.24, 2.45) is 4.99 Å². The number of likely N-dealkylation sites (N-methyl/N-ethyl adjacent to an activating group) is 1. The average molecular weight is 398 g/mol. The number of morpholine rings is 1. The van der Waals surface area contributed by atoms with Crippen molar-refractivity contribution in [3.63, 3.8) is 0 Å². The van der Waals surface area contributed by atoms with Gasteiger partial charge in [-0.3, -0.25) is 9.69 Å². The van der Waals surface area contributed by atoms with Gasteiger partial charge in [0.1, 0.15) is 11.5 Å². The predicted molar refractivity (Wildman–Crippen MR) is 113 cm³/mol. The number of amidine groups is 1. The highest BCUT2D eigenvalue weighted by atomic mass is 32.2. The van der Waals surface area contributed by atoms with Crippen LogP contribution in [0.3, 0.4) is 0 Å². The molecule has 6 nitrogen and oxygen atoms in total. The van der Waals surface area contributed by atoms with Crippen molar-refractivity contribution < 1.29 is 13.9 Å². The van der Waals surface area contributed by atoms with Crippen LogP contribution in [0, 0.1) is 13.8 Å². The Labute approximate surface area is 168 Å². The molecule has 1 aromatic heterocycles. The second-order valence-electron chi connectivity index (χ2n) is 6.85. The van der Waals surface area contributed by atoms with Crippen LogP contribution >= 0.6 is 11.8 Å². The maximum absolute atomic E-state index is 12.6. The number of hydrogen-bond acceptors (Lipinski definition) is 6. The van der Waals surface area contributed by atoms with Crippen molar-refractivity contribution in [1.82, 2.24) is 4.90 Å². The van der Waals surface area contributed by atoms with Crippen LogP contribution in [-0.2, 0) is 9.53 Å². The molecule has 0 atom stereocenters. The normalized spacial score (nSPS) is 20.6. The molecule has 7 heteroatoms. The summed E-state index contributed by atoms with van der Waals surface area (Å²) >= 11 is 1.39. The van der Waals surface area contributed by atoms with E-state index in [4.69, 9.17) is 9.15 Å². The Morgan fingerprint density at radius 1 is 1.14 bits per heavy atom. The molecular weight excluding hydrogens is 374 g/mol. The van der Waals surface area contributed by atoms with E-state index in [1.807, 2.05) is 38.1 Å². The molecule has 0 aliphatic carbocycles. The number of anilines is 1. The summed E-state index contributed by atoms with van der Waals surface area (Å²) in [6.45, 7) is 7.14. The SMILES string of the molecule is Cc1cc(/C=C2\SC(=Nc3ccc(N4CCOCC4)cc3)N(C)C2=O)c(C)o1. The molecule has 0 bridgehead atoms. The summed E-state index contributed by atoms with van der Waals surface area (Å²) in [6, 6.07) is 10.1. The van der Waals surface area contributed by atoms with Crippen LogP contribution in [0.2, 0.25) is 0 Å². The van der Waals surface area contributed by atoms with E-state index >= 15 is 0 Å². The van der Waals surface area contributed by atoms with Gasteiger partial charge < -0.3 is 14.1 Å². The monoisotopic (exact) mass is 397 g/mol. The Balaban J connectivity index is 1.53. The first-order valence-corrected chi connectivity index (χ1v) is 10.1. The zero-order valence-electron chi connectivity index (χ0n) is 16.3. The fourth-order valence-electron chi connectivity index (χ4n) is 3.26. The van der Waals surface area contributed by atoms with Gasteiger partial charge in [0.15, 0.2) is 5.17 Å². The summed E-state index contributed by atoms with van der Waals surface area (Å²) in [4.78, 5) is 21.8. The first kappa shape index (κ1) is 18.8. The van der Waals surface area contributed by atoms with Crippen molar-refractivity contribution in [1.29, 1.82) is 0 Å². The van der Waals surface area contributed by atoms with Gasteiger partial charge in [-0.2, -0.15) is 0 Å². The quantitative estimate of drug-likeness (QED) is 0.734. The number of thioether (sulfide) groups is 1. The van der Waals surface area contributed by atoms with E-state index in [0.717, 1.165) is 49.1 Å². The third-order valence-corrected chi connectivity index (χ3v) is 5.88. The number of benzene rings is 1. The van der Waals surface area contributed by atoms with Gasteiger partial charge in [-0.1, -0.05) is 0 Å². The number of aliphatic imine (C=N–C) groups is 1. The molecule has 146 valence electrons. The van der Waals surface area contributed by atoms with Gasteiger partial charge in [0.25, 0.3) is 5.91 Å². The van der Waals surface area contributed by atoms with Gasteiger partial charge in [0, 0.05) is 31.4 Å². The molecule has 0 unspecified atom stereocenters. The number of hydrogen-bond donors (Lipinski definition) is 0. The maximum Gasteiger partial charge on any atom is 0.266 e. The van der Waals surface area contributed by atoms with Crippen LogP contribution in [0.4, 0.5) is 11.4 Å². The molecule has 1 amide bonds. The summed E-state index contributed by atoms with van der Waals surface area (Å²) in [6.07, 6.45) is 1.87.